The molecule has 0 atom stereocenters. The number of aryl methyl sites for hydroxylation is 1. The molecule has 0 radical (unpaired) electrons. The molecule has 0 aliphatic heterocycles. The van der Waals surface area contributed by atoms with Gasteiger partial charge in [0.25, 0.3) is 0 Å². The van der Waals surface area contributed by atoms with Crippen LogP contribution in [0, 0.1) is 0 Å². The second-order valence-electron chi connectivity index (χ2n) is 5.09. The second kappa shape index (κ2) is 7.57. The summed E-state index contributed by atoms with van der Waals surface area (Å²) in [5.41, 5.74) is 0.0154. The van der Waals surface area contributed by atoms with E-state index in [1.54, 1.807) is 19.2 Å². The van der Waals surface area contributed by atoms with Gasteiger partial charge in [0.15, 0.2) is 0 Å². The van der Waals surface area contributed by atoms with Gasteiger partial charge in [-0.3, -0.25) is 4.79 Å². The fourth-order valence-corrected chi connectivity index (χ4v) is 2.32. The van der Waals surface area contributed by atoms with Crippen LogP contribution in [0.3, 0.4) is 0 Å². The summed E-state index contributed by atoms with van der Waals surface area (Å²) >= 11 is 5.54. The average Bonchev–Trinajstić information content (AvgIpc) is 2.54. The van der Waals surface area contributed by atoms with E-state index in [1.165, 1.54) is 6.07 Å². The molecule has 0 aliphatic rings. The number of hydrogen-bond donors (Lipinski definition) is 1. The number of carbonyl (C=O) groups excluding carboxylic acids is 1. The maximum atomic E-state index is 12.8. The monoisotopic (exact) mass is 357 g/mol. The zero-order chi connectivity index (χ0) is 17.7. The van der Waals surface area contributed by atoms with E-state index >= 15 is 0 Å². The first-order valence-corrected chi connectivity index (χ1v) is 7.47. The number of rotatable bonds is 5. The number of ether oxygens (including phenoxy) is 1. The largest absolute Gasteiger partial charge is 0.497 e. The van der Waals surface area contributed by atoms with Gasteiger partial charge in [0, 0.05) is 12.1 Å². The van der Waals surface area contributed by atoms with Crippen molar-refractivity contribution in [2.24, 2.45) is 0 Å². The summed E-state index contributed by atoms with van der Waals surface area (Å²) in [7, 11) is 1.56. The Hall–Kier alpha value is -2.21. The Morgan fingerprint density at radius 1 is 1.17 bits per heavy atom. The lowest BCUT2D eigenvalue weighted by Crippen LogP contribution is -2.13. The Kier molecular flexibility index (Phi) is 5.72. The molecule has 3 nitrogen and oxygen atoms in total. The maximum Gasteiger partial charge on any atom is 0.417 e. The van der Waals surface area contributed by atoms with Gasteiger partial charge >= 0.3 is 6.18 Å². The quantitative estimate of drug-likeness (QED) is 0.823. The van der Waals surface area contributed by atoms with Crippen LogP contribution in [0.2, 0.25) is 5.02 Å². The van der Waals surface area contributed by atoms with Crippen LogP contribution in [0.25, 0.3) is 0 Å². The Morgan fingerprint density at radius 3 is 2.42 bits per heavy atom. The van der Waals surface area contributed by atoms with Crippen LogP contribution in [-0.2, 0) is 17.4 Å². The molecule has 1 amide bonds. The lowest BCUT2D eigenvalue weighted by Gasteiger charge is -2.12. The van der Waals surface area contributed by atoms with E-state index in [4.69, 9.17) is 16.3 Å². The topological polar surface area (TPSA) is 38.3 Å². The lowest BCUT2D eigenvalue weighted by atomic mass is 10.1. The number of amides is 1. The number of carbonyl (C=O) groups is 1. The molecule has 7 heteroatoms. The highest BCUT2D eigenvalue weighted by atomic mass is 35.5. The highest BCUT2D eigenvalue weighted by molar-refractivity contribution is 6.31. The third kappa shape index (κ3) is 4.89. The summed E-state index contributed by atoms with van der Waals surface area (Å²) in [4.78, 5) is 11.9. The number of hydrogen-bond acceptors (Lipinski definition) is 2. The molecule has 2 rings (SSSR count). The third-order valence-corrected chi connectivity index (χ3v) is 3.68. The normalized spacial score (nSPS) is 11.2. The number of halogens is 4. The van der Waals surface area contributed by atoms with Crippen molar-refractivity contribution in [3.63, 3.8) is 0 Å². The van der Waals surface area contributed by atoms with Crippen molar-refractivity contribution < 1.29 is 22.7 Å². The summed E-state index contributed by atoms with van der Waals surface area (Å²) in [6.07, 6.45) is -3.95. The third-order valence-electron chi connectivity index (χ3n) is 3.36. The van der Waals surface area contributed by atoms with Crippen LogP contribution in [0.5, 0.6) is 5.75 Å². The standard InChI is InChI=1S/C17H15ClF3NO2/c1-24-13-6-2-11(3-7-13)4-9-16(23)22-12-5-8-15(18)14(10-12)17(19,20)21/h2-3,5-8,10H,4,9H2,1H3,(H,22,23). The SMILES string of the molecule is COc1ccc(CCC(=O)Nc2ccc(Cl)c(C(F)(F)F)c2)cc1. The molecule has 0 fully saturated rings. The fraction of sp³-hybridized carbons (Fsp3) is 0.235. The van der Waals surface area contributed by atoms with Gasteiger partial charge in [-0.1, -0.05) is 23.7 Å². The van der Waals surface area contributed by atoms with Crippen molar-refractivity contribution in [1.29, 1.82) is 0 Å². The van der Waals surface area contributed by atoms with Gasteiger partial charge in [-0.2, -0.15) is 13.2 Å². The molecular weight excluding hydrogens is 343 g/mol. The first-order valence-electron chi connectivity index (χ1n) is 7.09. The van der Waals surface area contributed by atoms with Crippen LogP contribution in [0.15, 0.2) is 42.5 Å². The second-order valence-corrected chi connectivity index (χ2v) is 5.50. The lowest BCUT2D eigenvalue weighted by molar-refractivity contribution is -0.137. The molecule has 1 N–H and O–H groups in total. The molecule has 0 aromatic heterocycles. The van der Waals surface area contributed by atoms with Gasteiger partial charge < -0.3 is 10.1 Å². The van der Waals surface area contributed by atoms with Crippen molar-refractivity contribution >= 4 is 23.2 Å². The Balaban J connectivity index is 1.97. The first kappa shape index (κ1) is 18.1. The molecule has 0 spiro atoms. The zero-order valence-corrected chi connectivity index (χ0v) is 13.5. The van der Waals surface area contributed by atoms with E-state index in [2.05, 4.69) is 5.32 Å². The molecule has 2 aromatic carbocycles. The van der Waals surface area contributed by atoms with Gasteiger partial charge in [-0.25, -0.2) is 0 Å². The summed E-state index contributed by atoms with van der Waals surface area (Å²) in [6, 6.07) is 10.5. The minimum atomic E-state index is -4.57. The molecule has 128 valence electrons. The molecule has 0 aliphatic carbocycles. The van der Waals surface area contributed by atoms with Crippen molar-refractivity contribution in [1.82, 2.24) is 0 Å². The average molecular weight is 358 g/mol. The molecule has 0 unspecified atom stereocenters. The maximum absolute atomic E-state index is 12.8. The first-order chi connectivity index (χ1) is 11.3. The van der Waals surface area contributed by atoms with Gasteiger partial charge in [0.1, 0.15) is 5.75 Å². The van der Waals surface area contributed by atoms with Crippen LogP contribution in [0.4, 0.5) is 18.9 Å². The molecule has 0 heterocycles. The Labute approximate surface area is 142 Å². The minimum absolute atomic E-state index is 0.0615. The minimum Gasteiger partial charge on any atom is -0.497 e. The molecule has 24 heavy (non-hydrogen) atoms. The number of methoxy groups -OCH3 is 1. The highest BCUT2D eigenvalue weighted by Crippen LogP contribution is 2.36. The van der Waals surface area contributed by atoms with E-state index in [-0.39, 0.29) is 18.0 Å². The summed E-state index contributed by atoms with van der Waals surface area (Å²) in [5.74, 6) is 0.338. The number of anilines is 1. The van der Waals surface area contributed by atoms with Crippen LogP contribution >= 0.6 is 11.6 Å². The molecule has 0 saturated heterocycles. The van der Waals surface area contributed by atoms with Gasteiger partial charge in [-0.15, -0.1) is 0 Å². The van der Waals surface area contributed by atoms with E-state index in [0.29, 0.717) is 12.2 Å². The predicted octanol–water partition coefficient (Wildman–Crippen LogP) is 4.94. The number of alkyl halides is 3. The summed E-state index contributed by atoms with van der Waals surface area (Å²) < 4.78 is 43.4. The van der Waals surface area contributed by atoms with Crippen LogP contribution < -0.4 is 10.1 Å². The molecule has 2 aromatic rings. The van der Waals surface area contributed by atoms with E-state index in [1.807, 2.05) is 12.1 Å². The van der Waals surface area contributed by atoms with Crippen LogP contribution in [0.1, 0.15) is 17.5 Å². The zero-order valence-electron chi connectivity index (χ0n) is 12.8. The van der Waals surface area contributed by atoms with Crippen molar-refractivity contribution in [3.05, 3.63) is 58.6 Å². The highest BCUT2D eigenvalue weighted by Gasteiger charge is 2.33. The summed E-state index contributed by atoms with van der Waals surface area (Å²) in [6.45, 7) is 0. The Bertz CT molecular complexity index is 715. The van der Waals surface area contributed by atoms with Crippen molar-refractivity contribution in [2.75, 3.05) is 12.4 Å². The predicted molar refractivity (Wildman–Crippen MR) is 86.4 cm³/mol. The van der Waals surface area contributed by atoms with E-state index < -0.39 is 16.8 Å². The van der Waals surface area contributed by atoms with Gasteiger partial charge in [-0.05, 0) is 42.3 Å². The molecule has 0 bridgehead atoms. The smallest absolute Gasteiger partial charge is 0.417 e. The van der Waals surface area contributed by atoms with Crippen molar-refractivity contribution in [3.8, 4) is 5.75 Å². The molecular formula is C17H15ClF3NO2. The molecule has 0 saturated carbocycles. The number of benzene rings is 2. The fourth-order valence-electron chi connectivity index (χ4n) is 2.09. The van der Waals surface area contributed by atoms with E-state index in [9.17, 15) is 18.0 Å². The van der Waals surface area contributed by atoms with E-state index in [0.717, 1.165) is 17.7 Å². The van der Waals surface area contributed by atoms with Crippen LogP contribution in [-0.4, -0.2) is 13.0 Å². The Morgan fingerprint density at radius 2 is 1.83 bits per heavy atom. The van der Waals surface area contributed by atoms with Crippen molar-refractivity contribution in [2.45, 2.75) is 19.0 Å². The summed E-state index contributed by atoms with van der Waals surface area (Å²) in [5, 5.41) is 2.05. The van der Waals surface area contributed by atoms with Gasteiger partial charge in [0.2, 0.25) is 5.91 Å². The van der Waals surface area contributed by atoms with Gasteiger partial charge in [0.05, 0.1) is 17.7 Å². The number of nitrogens with one attached hydrogen (secondary N) is 1.